The van der Waals surface area contributed by atoms with Crippen molar-refractivity contribution in [1.29, 1.82) is 0 Å². The van der Waals surface area contributed by atoms with Gasteiger partial charge in [-0.3, -0.25) is 0 Å². The van der Waals surface area contributed by atoms with Crippen molar-refractivity contribution in [3.05, 3.63) is 12.0 Å². The summed E-state index contributed by atoms with van der Waals surface area (Å²) in [5, 5.41) is 8.90. The Morgan fingerprint density at radius 3 is 1.83 bits per heavy atom. The van der Waals surface area contributed by atoms with Crippen LogP contribution < -0.4 is 0 Å². The van der Waals surface area contributed by atoms with Gasteiger partial charge in [-0.05, 0) is 0 Å². The Morgan fingerprint density at radius 1 is 1.67 bits per heavy atom. The van der Waals surface area contributed by atoms with Crippen molar-refractivity contribution in [2.45, 2.75) is 13.1 Å². The van der Waals surface area contributed by atoms with Crippen LogP contribution in [-0.2, 0) is 0 Å². The molecule has 0 spiro atoms. The van der Waals surface area contributed by atoms with Crippen LogP contribution in [0.5, 0.6) is 0 Å². The van der Waals surface area contributed by atoms with Gasteiger partial charge < -0.3 is 5.11 Å². The Hall–Kier alpha value is -0.243. The molecule has 0 aromatic heterocycles. The van der Waals surface area contributed by atoms with E-state index >= 15 is 0 Å². The fourth-order valence-corrected chi connectivity index (χ4v) is 0. The highest BCUT2D eigenvalue weighted by molar-refractivity contribution is 6.62. The molecule has 0 atom stereocenters. The largest absolute Gasteiger partial charge is 0.518 e. The van der Waals surface area contributed by atoms with Crippen molar-refractivity contribution in [2.75, 3.05) is 0 Å². The topological polar surface area (TPSA) is 20.2 Å². The maximum atomic E-state index is 8.50. The minimum atomic E-state index is -0.883. The molecular weight excluding hydrogens is 92.1 g/mol. The summed E-state index contributed by atoms with van der Waals surface area (Å²) in [5.74, 6) is 0. The molecule has 0 radical (unpaired) electrons. The molecule has 0 aromatic rings. The second-order valence-electron chi connectivity index (χ2n) is 1.65. The van der Waals surface area contributed by atoms with Gasteiger partial charge in [0.15, 0.2) is 0 Å². The van der Waals surface area contributed by atoms with Crippen LogP contribution in [-0.4, -0.2) is 13.9 Å². The number of aliphatic hydroxyl groups is 1. The first kappa shape index (κ1) is 5.76. The van der Waals surface area contributed by atoms with Crippen molar-refractivity contribution >= 4 is 8.80 Å². The van der Waals surface area contributed by atoms with E-state index in [1.54, 1.807) is 0 Å². The fourth-order valence-electron chi connectivity index (χ4n) is 0. The van der Waals surface area contributed by atoms with Crippen LogP contribution in [0.15, 0.2) is 12.0 Å². The summed E-state index contributed by atoms with van der Waals surface area (Å²) in [6, 6.07) is 0. The van der Waals surface area contributed by atoms with Gasteiger partial charge in [0.05, 0.1) is 5.38 Å². The molecule has 1 nitrogen and oxygen atoms in total. The van der Waals surface area contributed by atoms with E-state index < -0.39 is 8.80 Å². The normalized spacial score (nSPS) is 9.17. The lowest BCUT2D eigenvalue weighted by Crippen LogP contribution is -2.01. The van der Waals surface area contributed by atoms with Crippen molar-refractivity contribution in [2.24, 2.45) is 0 Å². The highest BCUT2D eigenvalue weighted by Gasteiger charge is 1.93. The molecule has 0 fully saturated rings. The Labute approximate surface area is 39.9 Å². The van der Waals surface area contributed by atoms with Crippen molar-refractivity contribution in [3.63, 3.8) is 0 Å². The number of hydrogen-bond acceptors (Lipinski definition) is 1. The molecule has 0 amide bonds. The lowest BCUT2D eigenvalue weighted by Gasteiger charge is -1.94. The molecule has 36 valence electrons. The van der Waals surface area contributed by atoms with E-state index in [4.69, 9.17) is 5.11 Å². The van der Waals surface area contributed by atoms with Crippen molar-refractivity contribution < 1.29 is 5.11 Å². The summed E-state index contributed by atoms with van der Waals surface area (Å²) in [5.41, 5.74) is 0. The van der Waals surface area contributed by atoms with Gasteiger partial charge in [0.1, 0.15) is 8.80 Å². The third-order valence-electron chi connectivity index (χ3n) is 0.666. The summed E-state index contributed by atoms with van der Waals surface area (Å²) in [7, 11) is -0.883. The quantitative estimate of drug-likeness (QED) is 0.388. The smallest absolute Gasteiger partial charge is 0.108 e. The van der Waals surface area contributed by atoms with Crippen molar-refractivity contribution in [1.82, 2.24) is 0 Å². The highest BCUT2D eigenvalue weighted by atomic mass is 28.3. The van der Waals surface area contributed by atoms with Crippen LogP contribution in [0.2, 0.25) is 13.1 Å². The molecule has 0 unspecified atom stereocenters. The molecule has 0 aliphatic heterocycles. The zero-order chi connectivity index (χ0) is 5.15. The minimum absolute atomic E-state index is 0.398. The Bertz CT molecular complexity index is 58.6. The SMILES string of the molecule is C=C(O)[SiH](C)C. The first-order valence-corrected chi connectivity index (χ1v) is 4.91. The monoisotopic (exact) mass is 102 g/mol. The van der Waals surface area contributed by atoms with Gasteiger partial charge in [-0.1, -0.05) is 19.7 Å². The van der Waals surface area contributed by atoms with Crippen LogP contribution in [0.1, 0.15) is 0 Å². The van der Waals surface area contributed by atoms with Crippen LogP contribution in [0.25, 0.3) is 0 Å². The van der Waals surface area contributed by atoms with Crippen LogP contribution in [0, 0.1) is 0 Å². The summed E-state index contributed by atoms with van der Waals surface area (Å²) in [6.07, 6.45) is 0. The molecule has 0 bridgehead atoms. The average molecular weight is 102 g/mol. The molecule has 2 heteroatoms. The van der Waals surface area contributed by atoms with E-state index in [2.05, 4.69) is 6.58 Å². The molecule has 0 rings (SSSR count). The Kier molecular flexibility index (Phi) is 1.94. The Morgan fingerprint density at radius 2 is 1.83 bits per heavy atom. The lowest BCUT2D eigenvalue weighted by atomic mass is 11.2. The van der Waals surface area contributed by atoms with E-state index in [-0.39, 0.29) is 0 Å². The zero-order valence-corrected chi connectivity index (χ0v) is 5.39. The van der Waals surface area contributed by atoms with Crippen LogP contribution in [0.3, 0.4) is 0 Å². The molecule has 6 heavy (non-hydrogen) atoms. The van der Waals surface area contributed by atoms with Gasteiger partial charge >= 0.3 is 0 Å². The standard InChI is InChI=1S/C4H10OSi/c1-4(5)6(2)3/h5-6H,1H2,2-3H3. The molecule has 0 aliphatic carbocycles. The van der Waals surface area contributed by atoms with Crippen LogP contribution >= 0.6 is 0 Å². The van der Waals surface area contributed by atoms with Gasteiger partial charge in [-0.25, -0.2) is 0 Å². The number of aliphatic hydroxyl groups excluding tert-OH is 1. The second-order valence-corrected chi connectivity index (χ2v) is 4.62. The highest BCUT2D eigenvalue weighted by Crippen LogP contribution is 1.87. The predicted octanol–water partition coefficient (Wildman–Crippen LogP) is 1.08. The van der Waals surface area contributed by atoms with E-state index in [1.165, 1.54) is 0 Å². The minimum Gasteiger partial charge on any atom is -0.518 e. The van der Waals surface area contributed by atoms with Gasteiger partial charge in [-0.2, -0.15) is 0 Å². The number of rotatable bonds is 1. The van der Waals surface area contributed by atoms with Crippen molar-refractivity contribution in [3.8, 4) is 0 Å². The summed E-state index contributed by atoms with van der Waals surface area (Å²) >= 11 is 0. The third-order valence-corrected chi connectivity index (χ3v) is 2.00. The average Bonchev–Trinajstić information content (AvgIpc) is 1.36. The molecule has 0 aromatic carbocycles. The first-order valence-electron chi connectivity index (χ1n) is 2.02. The fraction of sp³-hybridized carbons (Fsp3) is 0.500. The molecular formula is C4H10OSi. The second kappa shape index (κ2) is 2.03. The zero-order valence-electron chi connectivity index (χ0n) is 4.23. The summed E-state index contributed by atoms with van der Waals surface area (Å²) in [4.78, 5) is 0. The number of hydrogen-bond donors (Lipinski definition) is 1. The van der Waals surface area contributed by atoms with E-state index in [0.717, 1.165) is 0 Å². The predicted molar refractivity (Wildman–Crippen MR) is 30.6 cm³/mol. The van der Waals surface area contributed by atoms with E-state index in [9.17, 15) is 0 Å². The first-order chi connectivity index (χ1) is 2.64. The molecule has 0 heterocycles. The maximum absolute atomic E-state index is 8.50. The molecule has 0 aliphatic rings. The van der Waals surface area contributed by atoms with Gasteiger partial charge in [0, 0.05) is 0 Å². The van der Waals surface area contributed by atoms with Gasteiger partial charge in [-0.15, -0.1) is 0 Å². The molecule has 1 N–H and O–H groups in total. The molecule has 0 saturated heterocycles. The summed E-state index contributed by atoms with van der Waals surface area (Å²) in [6.45, 7) is 7.43. The maximum Gasteiger partial charge on any atom is 0.108 e. The van der Waals surface area contributed by atoms with Gasteiger partial charge in [0.25, 0.3) is 0 Å². The van der Waals surface area contributed by atoms with E-state index in [0.29, 0.717) is 5.38 Å². The third kappa shape index (κ3) is 2.02. The van der Waals surface area contributed by atoms with Gasteiger partial charge in [0.2, 0.25) is 0 Å². The Balaban J connectivity index is 3.26. The van der Waals surface area contributed by atoms with Crippen LogP contribution in [0.4, 0.5) is 0 Å². The lowest BCUT2D eigenvalue weighted by molar-refractivity contribution is 0.450. The molecule has 0 saturated carbocycles. The summed E-state index contributed by atoms with van der Waals surface area (Å²) < 4.78 is 0. The van der Waals surface area contributed by atoms with E-state index in [1.807, 2.05) is 13.1 Å².